The van der Waals surface area contributed by atoms with Crippen molar-refractivity contribution < 1.29 is 22.7 Å². The molecule has 1 aliphatic rings. The number of benzene rings is 1. The van der Waals surface area contributed by atoms with Crippen LogP contribution in [0, 0.1) is 0 Å². The molecule has 0 saturated carbocycles. The molecule has 1 atom stereocenters. The van der Waals surface area contributed by atoms with Gasteiger partial charge in [-0.3, -0.25) is 9.69 Å². The van der Waals surface area contributed by atoms with Gasteiger partial charge in [0.25, 0.3) is 0 Å². The van der Waals surface area contributed by atoms with E-state index < -0.39 is 11.7 Å². The van der Waals surface area contributed by atoms with Crippen molar-refractivity contribution in [2.75, 3.05) is 19.7 Å². The standard InChI is InChI=1S/C17H23F3N2O2/c1-12(2)22-7-8-24-14(11-22)9-16(23)21-10-13-5-3-4-6-15(13)17(18,19)20/h3-6,12,14H,7-11H2,1-2H3,(H,21,23)/t14-/m0/s1. The Labute approximate surface area is 140 Å². The lowest BCUT2D eigenvalue weighted by atomic mass is 10.1. The van der Waals surface area contributed by atoms with Gasteiger partial charge >= 0.3 is 6.18 Å². The van der Waals surface area contributed by atoms with Gasteiger partial charge in [0.05, 0.1) is 24.7 Å². The molecule has 24 heavy (non-hydrogen) atoms. The second-order valence-electron chi connectivity index (χ2n) is 6.22. The fourth-order valence-electron chi connectivity index (χ4n) is 2.76. The molecule has 1 aliphatic heterocycles. The molecule has 1 heterocycles. The molecule has 0 aliphatic carbocycles. The van der Waals surface area contributed by atoms with E-state index in [-0.39, 0.29) is 30.5 Å². The third-order valence-corrected chi connectivity index (χ3v) is 4.11. The van der Waals surface area contributed by atoms with Gasteiger partial charge in [0.1, 0.15) is 0 Å². The van der Waals surface area contributed by atoms with Crippen molar-refractivity contribution in [1.29, 1.82) is 0 Å². The topological polar surface area (TPSA) is 41.6 Å². The van der Waals surface area contributed by atoms with E-state index in [1.165, 1.54) is 18.2 Å². The Bertz CT molecular complexity index is 561. The predicted octanol–water partition coefficient (Wildman–Crippen LogP) is 2.82. The van der Waals surface area contributed by atoms with Gasteiger partial charge in [-0.05, 0) is 25.5 Å². The largest absolute Gasteiger partial charge is 0.416 e. The summed E-state index contributed by atoms with van der Waals surface area (Å²) in [6, 6.07) is 5.64. The zero-order chi connectivity index (χ0) is 17.7. The number of hydrogen-bond acceptors (Lipinski definition) is 3. The molecule has 0 unspecified atom stereocenters. The van der Waals surface area contributed by atoms with Gasteiger partial charge in [0.15, 0.2) is 0 Å². The van der Waals surface area contributed by atoms with Gasteiger partial charge in [-0.15, -0.1) is 0 Å². The van der Waals surface area contributed by atoms with E-state index in [4.69, 9.17) is 4.74 Å². The number of carbonyl (C=O) groups is 1. The SMILES string of the molecule is CC(C)N1CCO[C@@H](CC(=O)NCc2ccccc2C(F)(F)F)C1. The van der Waals surface area contributed by atoms with Crippen molar-refractivity contribution >= 4 is 5.91 Å². The first-order chi connectivity index (χ1) is 11.3. The number of alkyl halides is 3. The molecule has 0 bridgehead atoms. The number of nitrogens with zero attached hydrogens (tertiary/aromatic N) is 1. The average molecular weight is 344 g/mol. The van der Waals surface area contributed by atoms with Crippen molar-refractivity contribution in [2.45, 2.75) is 45.1 Å². The summed E-state index contributed by atoms with van der Waals surface area (Å²) >= 11 is 0. The van der Waals surface area contributed by atoms with E-state index in [0.29, 0.717) is 19.2 Å². The van der Waals surface area contributed by atoms with Crippen LogP contribution in [-0.4, -0.2) is 42.6 Å². The Morgan fingerprint density at radius 2 is 2.08 bits per heavy atom. The maximum Gasteiger partial charge on any atom is 0.416 e. The number of halogens is 3. The maximum atomic E-state index is 12.9. The molecule has 4 nitrogen and oxygen atoms in total. The third-order valence-electron chi connectivity index (χ3n) is 4.11. The minimum absolute atomic E-state index is 0.0618. The van der Waals surface area contributed by atoms with Gasteiger partial charge in [0, 0.05) is 25.7 Å². The molecule has 1 fully saturated rings. The van der Waals surface area contributed by atoms with Gasteiger partial charge in [-0.1, -0.05) is 18.2 Å². The van der Waals surface area contributed by atoms with Gasteiger partial charge in [-0.25, -0.2) is 0 Å². The molecule has 0 radical (unpaired) electrons. The number of nitrogens with one attached hydrogen (secondary N) is 1. The Kier molecular flexibility index (Phi) is 6.23. The summed E-state index contributed by atoms with van der Waals surface area (Å²) in [5, 5.41) is 2.57. The molecular formula is C17H23F3N2O2. The smallest absolute Gasteiger partial charge is 0.375 e. The van der Waals surface area contributed by atoms with Crippen molar-refractivity contribution in [1.82, 2.24) is 10.2 Å². The quantitative estimate of drug-likeness (QED) is 0.893. The summed E-state index contributed by atoms with van der Waals surface area (Å²) in [5.41, 5.74) is -0.656. The molecule has 7 heteroatoms. The van der Waals surface area contributed by atoms with Crippen LogP contribution in [0.1, 0.15) is 31.4 Å². The van der Waals surface area contributed by atoms with E-state index >= 15 is 0 Å². The Morgan fingerprint density at radius 1 is 1.38 bits per heavy atom. The van der Waals surface area contributed by atoms with Crippen LogP contribution in [0.25, 0.3) is 0 Å². The highest BCUT2D eigenvalue weighted by molar-refractivity contribution is 5.76. The van der Waals surface area contributed by atoms with Crippen molar-refractivity contribution in [3.8, 4) is 0 Å². The van der Waals surface area contributed by atoms with Crippen LogP contribution in [0.5, 0.6) is 0 Å². The van der Waals surface area contributed by atoms with Gasteiger partial charge in [0.2, 0.25) is 5.91 Å². The van der Waals surface area contributed by atoms with Crippen LogP contribution in [0.4, 0.5) is 13.2 Å². The van der Waals surface area contributed by atoms with E-state index in [9.17, 15) is 18.0 Å². The average Bonchev–Trinajstić information content (AvgIpc) is 2.52. The number of morpholine rings is 1. The normalized spacial score (nSPS) is 19.5. The molecule has 134 valence electrons. The summed E-state index contributed by atoms with van der Waals surface area (Å²) in [4.78, 5) is 14.3. The molecule has 1 N–H and O–H groups in total. The van der Waals surface area contributed by atoms with Crippen molar-refractivity contribution in [3.63, 3.8) is 0 Å². The number of ether oxygens (including phenoxy) is 1. The van der Waals surface area contributed by atoms with Gasteiger partial charge in [-0.2, -0.15) is 13.2 Å². The Balaban J connectivity index is 1.88. The number of carbonyl (C=O) groups excluding carboxylic acids is 1. The maximum absolute atomic E-state index is 12.9. The van der Waals surface area contributed by atoms with E-state index in [1.807, 2.05) is 0 Å². The first kappa shape index (κ1) is 18.7. The molecule has 0 spiro atoms. The zero-order valence-corrected chi connectivity index (χ0v) is 13.9. The summed E-state index contributed by atoms with van der Waals surface area (Å²) in [6.45, 7) is 6.06. The second-order valence-corrected chi connectivity index (χ2v) is 6.22. The summed E-state index contributed by atoms with van der Waals surface area (Å²) in [7, 11) is 0. The minimum Gasteiger partial charge on any atom is -0.375 e. The third kappa shape index (κ3) is 5.21. The molecule has 0 aromatic heterocycles. The lowest BCUT2D eigenvalue weighted by Crippen LogP contribution is -2.47. The first-order valence-electron chi connectivity index (χ1n) is 8.05. The van der Waals surface area contributed by atoms with Crippen LogP contribution < -0.4 is 5.32 Å². The molecule has 1 aromatic carbocycles. The highest BCUT2D eigenvalue weighted by Gasteiger charge is 2.33. The predicted molar refractivity (Wildman–Crippen MR) is 84.4 cm³/mol. The number of hydrogen-bond donors (Lipinski definition) is 1. The zero-order valence-electron chi connectivity index (χ0n) is 13.9. The van der Waals surface area contributed by atoms with Crippen LogP contribution in [0.3, 0.4) is 0 Å². The minimum atomic E-state index is -4.43. The van der Waals surface area contributed by atoms with E-state index in [2.05, 4.69) is 24.1 Å². The summed E-state index contributed by atoms with van der Waals surface area (Å²) < 4.78 is 44.4. The van der Waals surface area contributed by atoms with E-state index in [1.54, 1.807) is 0 Å². The monoisotopic (exact) mass is 344 g/mol. The molecule has 1 saturated heterocycles. The lowest BCUT2D eigenvalue weighted by molar-refractivity contribution is -0.138. The highest BCUT2D eigenvalue weighted by atomic mass is 19.4. The number of amides is 1. The summed E-state index contributed by atoms with van der Waals surface area (Å²) in [6.07, 6.45) is -4.50. The Hall–Kier alpha value is -1.60. The summed E-state index contributed by atoms with van der Waals surface area (Å²) in [5.74, 6) is -0.303. The van der Waals surface area contributed by atoms with Gasteiger partial charge < -0.3 is 10.1 Å². The van der Waals surface area contributed by atoms with Crippen LogP contribution >= 0.6 is 0 Å². The first-order valence-corrected chi connectivity index (χ1v) is 8.05. The second kappa shape index (κ2) is 7.98. The molecule has 1 aromatic rings. The fourth-order valence-corrected chi connectivity index (χ4v) is 2.76. The lowest BCUT2D eigenvalue weighted by Gasteiger charge is -2.35. The fraction of sp³-hybridized carbons (Fsp3) is 0.588. The Morgan fingerprint density at radius 3 is 2.75 bits per heavy atom. The van der Waals surface area contributed by atoms with Crippen molar-refractivity contribution in [3.05, 3.63) is 35.4 Å². The van der Waals surface area contributed by atoms with Crippen LogP contribution in [0.2, 0.25) is 0 Å². The highest BCUT2D eigenvalue weighted by Crippen LogP contribution is 2.31. The van der Waals surface area contributed by atoms with Crippen LogP contribution in [-0.2, 0) is 22.3 Å². The molecule has 1 amide bonds. The van der Waals surface area contributed by atoms with Crippen LogP contribution in [0.15, 0.2) is 24.3 Å². The molecule has 2 rings (SSSR count). The van der Waals surface area contributed by atoms with E-state index in [0.717, 1.165) is 12.6 Å². The van der Waals surface area contributed by atoms with Crippen molar-refractivity contribution in [2.24, 2.45) is 0 Å². The number of rotatable bonds is 5. The molecular weight excluding hydrogens is 321 g/mol.